The molecule has 8 heavy (non-hydrogen) atoms. The van der Waals surface area contributed by atoms with E-state index in [0.29, 0.717) is 0 Å². The Morgan fingerprint density at radius 3 is 2.62 bits per heavy atom. The number of nitrogens with zero attached hydrogens (tertiary/aromatic N) is 1. The van der Waals surface area contributed by atoms with E-state index in [0.717, 1.165) is 5.57 Å². The molecule has 0 aliphatic carbocycles. The van der Waals surface area contributed by atoms with E-state index in [1.54, 1.807) is 19.3 Å². The molecule has 1 heteroatoms. The maximum absolute atomic E-state index is 3.77. The summed E-state index contributed by atoms with van der Waals surface area (Å²) in [5.41, 5.74) is 1.13. The van der Waals surface area contributed by atoms with Gasteiger partial charge in [0.2, 0.25) is 0 Å². The van der Waals surface area contributed by atoms with Gasteiger partial charge < -0.3 is 0 Å². The maximum atomic E-state index is 3.77. The van der Waals surface area contributed by atoms with E-state index in [1.807, 2.05) is 13.0 Å². The molecule has 0 amide bonds. The van der Waals surface area contributed by atoms with Gasteiger partial charge in [-0.05, 0) is 13.0 Å². The largest absolute Gasteiger partial charge is 0.297 e. The molecule has 0 bridgehead atoms. The summed E-state index contributed by atoms with van der Waals surface area (Å²) in [6, 6.07) is 0. The van der Waals surface area contributed by atoms with Crippen molar-refractivity contribution < 1.29 is 0 Å². The molecule has 0 radical (unpaired) electrons. The van der Waals surface area contributed by atoms with Crippen LogP contribution in [0, 0.1) is 0 Å². The predicted molar refractivity (Wildman–Crippen MR) is 38.4 cm³/mol. The maximum Gasteiger partial charge on any atom is 0.0277 e. The molecule has 0 aromatic heterocycles. The van der Waals surface area contributed by atoms with E-state index >= 15 is 0 Å². The first-order valence-corrected chi connectivity index (χ1v) is 2.52. The van der Waals surface area contributed by atoms with Crippen molar-refractivity contribution in [3.63, 3.8) is 0 Å². The van der Waals surface area contributed by atoms with Crippen LogP contribution in [0.4, 0.5) is 0 Å². The van der Waals surface area contributed by atoms with Crippen molar-refractivity contribution in [1.29, 1.82) is 0 Å². The Kier molecular flexibility index (Phi) is 3.85. The second-order valence-electron chi connectivity index (χ2n) is 1.52. The van der Waals surface area contributed by atoms with Crippen LogP contribution in [0.25, 0.3) is 0 Å². The van der Waals surface area contributed by atoms with Crippen molar-refractivity contribution in [2.24, 2.45) is 4.99 Å². The normalized spacial score (nSPS) is 12.5. The summed E-state index contributed by atoms with van der Waals surface area (Å²) in [7, 11) is 1.74. The molecule has 0 aromatic rings. The molecule has 0 unspecified atom stereocenters. The zero-order valence-corrected chi connectivity index (χ0v) is 5.39. The van der Waals surface area contributed by atoms with Gasteiger partial charge in [0, 0.05) is 13.3 Å². The van der Waals surface area contributed by atoms with Gasteiger partial charge in [0.25, 0.3) is 0 Å². The highest BCUT2D eigenvalue weighted by Gasteiger charge is 1.70. The van der Waals surface area contributed by atoms with Gasteiger partial charge in [-0.3, -0.25) is 4.99 Å². The highest BCUT2D eigenvalue weighted by atomic mass is 14.6. The van der Waals surface area contributed by atoms with E-state index in [1.165, 1.54) is 0 Å². The van der Waals surface area contributed by atoms with E-state index in [2.05, 4.69) is 11.6 Å². The lowest BCUT2D eigenvalue weighted by molar-refractivity contribution is 1.46. The molecule has 1 nitrogen and oxygen atoms in total. The third-order valence-electron chi connectivity index (χ3n) is 0.808. The Balaban J connectivity index is 3.74. The molecule has 0 atom stereocenters. The number of hydrogen-bond acceptors (Lipinski definition) is 1. The molecular weight excluding hydrogens is 98.1 g/mol. The van der Waals surface area contributed by atoms with Gasteiger partial charge in [0.15, 0.2) is 0 Å². The van der Waals surface area contributed by atoms with Gasteiger partial charge in [-0.1, -0.05) is 18.2 Å². The molecule has 44 valence electrons. The van der Waals surface area contributed by atoms with E-state index in [9.17, 15) is 0 Å². The molecular formula is C7H11N. The SMILES string of the molecule is C=CC(C)=CC=NC. The lowest BCUT2D eigenvalue weighted by Gasteiger charge is -1.81. The fraction of sp³-hybridized carbons (Fsp3) is 0.286. The van der Waals surface area contributed by atoms with E-state index in [-0.39, 0.29) is 0 Å². The lowest BCUT2D eigenvalue weighted by atomic mass is 10.3. The third kappa shape index (κ3) is 3.34. The molecule has 0 aromatic carbocycles. The quantitative estimate of drug-likeness (QED) is 0.379. The first-order valence-electron chi connectivity index (χ1n) is 2.52. The summed E-state index contributed by atoms with van der Waals surface area (Å²) in [4.78, 5) is 3.77. The summed E-state index contributed by atoms with van der Waals surface area (Å²) in [6.07, 6.45) is 5.45. The van der Waals surface area contributed by atoms with Crippen molar-refractivity contribution >= 4 is 6.21 Å². The molecule has 0 saturated carbocycles. The zero-order valence-electron chi connectivity index (χ0n) is 5.39. The number of hydrogen-bond donors (Lipinski definition) is 0. The van der Waals surface area contributed by atoms with Crippen LogP contribution in [-0.2, 0) is 0 Å². The van der Waals surface area contributed by atoms with Crippen LogP contribution in [0.1, 0.15) is 6.92 Å². The minimum absolute atomic E-state index is 1.13. The van der Waals surface area contributed by atoms with Gasteiger partial charge in [-0.25, -0.2) is 0 Å². The lowest BCUT2D eigenvalue weighted by Crippen LogP contribution is -1.67. The van der Waals surface area contributed by atoms with E-state index < -0.39 is 0 Å². The average molecular weight is 109 g/mol. The Bertz CT molecular complexity index is 120. The van der Waals surface area contributed by atoms with Crippen molar-refractivity contribution in [3.05, 3.63) is 24.3 Å². The second kappa shape index (κ2) is 4.31. The Morgan fingerprint density at radius 1 is 1.62 bits per heavy atom. The molecule has 0 spiro atoms. The Hall–Kier alpha value is -0.850. The third-order valence-corrected chi connectivity index (χ3v) is 0.808. The molecule has 0 aliphatic heterocycles. The second-order valence-corrected chi connectivity index (χ2v) is 1.52. The molecule has 0 saturated heterocycles. The topological polar surface area (TPSA) is 12.4 Å². The summed E-state index contributed by atoms with van der Waals surface area (Å²) in [5.74, 6) is 0. The van der Waals surface area contributed by atoms with Crippen molar-refractivity contribution in [2.45, 2.75) is 6.92 Å². The van der Waals surface area contributed by atoms with Gasteiger partial charge in [0.1, 0.15) is 0 Å². The standard InChI is InChI=1S/C7H11N/c1-4-7(2)5-6-8-3/h4-6H,1H2,2-3H3. The van der Waals surface area contributed by atoms with Crippen molar-refractivity contribution in [2.75, 3.05) is 7.05 Å². The fourth-order valence-corrected chi connectivity index (χ4v) is 0.260. The molecule has 0 heterocycles. The van der Waals surface area contributed by atoms with Gasteiger partial charge >= 0.3 is 0 Å². The number of allylic oxidation sites excluding steroid dienone is 3. The number of aliphatic imine (C=N–C) groups is 1. The first kappa shape index (κ1) is 7.15. The Morgan fingerprint density at radius 2 is 2.25 bits per heavy atom. The summed E-state index contributed by atoms with van der Waals surface area (Å²) in [5, 5.41) is 0. The minimum Gasteiger partial charge on any atom is -0.297 e. The predicted octanol–water partition coefficient (Wildman–Crippen LogP) is 1.82. The van der Waals surface area contributed by atoms with Crippen molar-refractivity contribution in [1.82, 2.24) is 0 Å². The monoisotopic (exact) mass is 109 g/mol. The minimum atomic E-state index is 1.13. The van der Waals surface area contributed by atoms with Crippen LogP contribution in [-0.4, -0.2) is 13.3 Å². The summed E-state index contributed by atoms with van der Waals surface area (Å²) in [6.45, 7) is 5.56. The summed E-state index contributed by atoms with van der Waals surface area (Å²) >= 11 is 0. The van der Waals surface area contributed by atoms with Crippen LogP contribution in [0.2, 0.25) is 0 Å². The average Bonchev–Trinajstić information content (AvgIpc) is 1.83. The molecule has 0 fully saturated rings. The fourth-order valence-electron chi connectivity index (χ4n) is 0.260. The first-order chi connectivity index (χ1) is 3.81. The highest BCUT2D eigenvalue weighted by molar-refractivity contribution is 5.72. The van der Waals surface area contributed by atoms with Gasteiger partial charge in [-0.15, -0.1) is 0 Å². The molecule has 0 rings (SSSR count). The number of rotatable bonds is 2. The summed E-state index contributed by atoms with van der Waals surface area (Å²) < 4.78 is 0. The zero-order chi connectivity index (χ0) is 6.41. The van der Waals surface area contributed by atoms with E-state index in [4.69, 9.17) is 0 Å². The Labute approximate surface area is 50.4 Å². The van der Waals surface area contributed by atoms with Crippen LogP contribution in [0.5, 0.6) is 0 Å². The smallest absolute Gasteiger partial charge is 0.0277 e. The van der Waals surface area contributed by atoms with Crippen LogP contribution in [0.15, 0.2) is 29.3 Å². The van der Waals surface area contributed by atoms with Gasteiger partial charge in [0.05, 0.1) is 0 Å². The molecule has 0 aliphatic rings. The van der Waals surface area contributed by atoms with Crippen LogP contribution >= 0.6 is 0 Å². The van der Waals surface area contributed by atoms with Crippen LogP contribution in [0.3, 0.4) is 0 Å². The van der Waals surface area contributed by atoms with Crippen molar-refractivity contribution in [3.8, 4) is 0 Å². The van der Waals surface area contributed by atoms with Gasteiger partial charge in [-0.2, -0.15) is 0 Å². The highest BCUT2D eigenvalue weighted by Crippen LogP contribution is 1.88. The molecule has 0 N–H and O–H groups in total. The van der Waals surface area contributed by atoms with Crippen LogP contribution < -0.4 is 0 Å².